The predicted octanol–water partition coefficient (Wildman–Crippen LogP) is -2.66. The summed E-state index contributed by atoms with van der Waals surface area (Å²) in [5, 5.41) is 3.85. The number of nitrogens with two attached hydrogens (primary N) is 1. The van der Waals surface area contributed by atoms with Crippen LogP contribution in [0.2, 0.25) is 0 Å². The first-order valence-corrected chi connectivity index (χ1v) is 2.17. The second-order valence-corrected chi connectivity index (χ2v) is 1.18. The van der Waals surface area contributed by atoms with E-state index in [0.29, 0.717) is 0 Å². The standard InChI is InChI=1S/C4H11N2.K/c1-6-4-2-3-5;/h2-5H2,1H3;/q-1;+1. The summed E-state index contributed by atoms with van der Waals surface area (Å²) in [6.45, 7) is 1.67. The molecule has 0 aromatic rings. The van der Waals surface area contributed by atoms with E-state index in [-0.39, 0.29) is 51.4 Å². The van der Waals surface area contributed by atoms with Crippen molar-refractivity contribution in [1.29, 1.82) is 0 Å². The molecule has 0 aromatic carbocycles. The molecule has 2 nitrogen and oxygen atoms in total. The van der Waals surface area contributed by atoms with Gasteiger partial charge in [0, 0.05) is 0 Å². The van der Waals surface area contributed by atoms with Gasteiger partial charge in [-0.3, -0.25) is 0 Å². The molecule has 0 saturated heterocycles. The average molecular weight is 126 g/mol. The molecule has 0 fully saturated rings. The normalized spacial score (nSPS) is 7.71. The Hall–Kier alpha value is 1.56. The van der Waals surface area contributed by atoms with Crippen LogP contribution in [0.25, 0.3) is 5.32 Å². The van der Waals surface area contributed by atoms with Gasteiger partial charge in [-0.2, -0.15) is 7.05 Å². The second kappa shape index (κ2) is 10.5. The number of hydrogen-bond donors (Lipinski definition) is 1. The van der Waals surface area contributed by atoms with Crippen LogP contribution in [0.3, 0.4) is 0 Å². The largest absolute Gasteiger partial charge is 1.00 e. The fourth-order valence-electron chi connectivity index (χ4n) is 0.249. The fraction of sp³-hybridized carbons (Fsp3) is 1.00. The minimum absolute atomic E-state index is 0. The van der Waals surface area contributed by atoms with Crippen molar-refractivity contribution >= 4 is 0 Å². The summed E-state index contributed by atoms with van der Waals surface area (Å²) in [4.78, 5) is 0. The molecule has 0 rings (SSSR count). The van der Waals surface area contributed by atoms with E-state index in [1.807, 2.05) is 0 Å². The Morgan fingerprint density at radius 1 is 1.57 bits per heavy atom. The second-order valence-electron chi connectivity index (χ2n) is 1.18. The van der Waals surface area contributed by atoms with Crippen LogP contribution in [0, 0.1) is 0 Å². The molecule has 0 unspecified atom stereocenters. The van der Waals surface area contributed by atoms with Crippen molar-refractivity contribution in [2.45, 2.75) is 6.42 Å². The monoisotopic (exact) mass is 126 g/mol. The summed E-state index contributed by atoms with van der Waals surface area (Å²) >= 11 is 0. The maximum Gasteiger partial charge on any atom is 1.00 e. The van der Waals surface area contributed by atoms with E-state index < -0.39 is 0 Å². The van der Waals surface area contributed by atoms with Gasteiger partial charge in [-0.05, 0) is 6.54 Å². The Bertz CT molecular complexity index is 21.7. The third-order valence-corrected chi connectivity index (χ3v) is 0.586. The predicted molar refractivity (Wildman–Crippen MR) is 27.8 cm³/mol. The van der Waals surface area contributed by atoms with Crippen LogP contribution >= 0.6 is 0 Å². The molecule has 0 heterocycles. The maximum absolute atomic E-state index is 5.15. The quantitative estimate of drug-likeness (QED) is 0.325. The Balaban J connectivity index is 0. The molecule has 0 aliphatic heterocycles. The fourth-order valence-corrected chi connectivity index (χ4v) is 0.249. The van der Waals surface area contributed by atoms with E-state index in [4.69, 9.17) is 5.73 Å². The van der Waals surface area contributed by atoms with Crippen molar-refractivity contribution < 1.29 is 51.4 Å². The molecule has 0 spiro atoms. The molecule has 38 valence electrons. The molecule has 0 radical (unpaired) electrons. The van der Waals surface area contributed by atoms with Gasteiger partial charge < -0.3 is 11.1 Å². The van der Waals surface area contributed by atoms with Gasteiger partial charge in [-0.25, -0.2) is 0 Å². The zero-order chi connectivity index (χ0) is 4.83. The van der Waals surface area contributed by atoms with E-state index in [9.17, 15) is 0 Å². The van der Waals surface area contributed by atoms with E-state index in [1.165, 1.54) is 0 Å². The smallest absolute Gasteiger partial charge is 0.665 e. The Kier molecular flexibility index (Phi) is 17.1. The van der Waals surface area contributed by atoms with Crippen LogP contribution < -0.4 is 57.1 Å². The van der Waals surface area contributed by atoms with E-state index in [0.717, 1.165) is 19.5 Å². The van der Waals surface area contributed by atoms with Gasteiger partial charge in [-0.15, -0.1) is 6.54 Å². The van der Waals surface area contributed by atoms with Crippen LogP contribution in [0.4, 0.5) is 0 Å². The maximum atomic E-state index is 5.15. The van der Waals surface area contributed by atoms with Crippen LogP contribution in [-0.2, 0) is 0 Å². The number of nitrogens with zero attached hydrogens (tertiary/aromatic N) is 1. The van der Waals surface area contributed by atoms with Crippen LogP contribution in [-0.4, -0.2) is 20.1 Å². The Labute approximate surface area is 87.6 Å². The summed E-state index contributed by atoms with van der Waals surface area (Å²) in [6, 6.07) is 0. The van der Waals surface area contributed by atoms with E-state index >= 15 is 0 Å². The molecular weight excluding hydrogens is 115 g/mol. The van der Waals surface area contributed by atoms with E-state index in [1.54, 1.807) is 7.05 Å². The SMILES string of the molecule is C[N-]CCCN.[K+]. The van der Waals surface area contributed by atoms with Gasteiger partial charge in [-0.1, -0.05) is 6.42 Å². The minimum Gasteiger partial charge on any atom is -0.665 e. The van der Waals surface area contributed by atoms with Crippen LogP contribution in [0.5, 0.6) is 0 Å². The summed E-state index contributed by atoms with van der Waals surface area (Å²) in [5.74, 6) is 0. The first kappa shape index (κ1) is 11.4. The average Bonchev–Trinajstić information content (AvgIpc) is 1.61. The molecular formula is C4H11KN2. The Morgan fingerprint density at radius 2 is 2.14 bits per heavy atom. The molecule has 7 heavy (non-hydrogen) atoms. The topological polar surface area (TPSA) is 40.1 Å². The first-order valence-electron chi connectivity index (χ1n) is 2.17. The van der Waals surface area contributed by atoms with Crippen molar-refractivity contribution in [3.63, 3.8) is 0 Å². The third kappa shape index (κ3) is 11.2. The number of hydrogen-bond acceptors (Lipinski definition) is 1. The minimum atomic E-state index is 0. The van der Waals surface area contributed by atoms with Crippen molar-refractivity contribution in [3.8, 4) is 0 Å². The van der Waals surface area contributed by atoms with Crippen molar-refractivity contribution in [2.24, 2.45) is 5.73 Å². The summed E-state index contributed by atoms with van der Waals surface area (Å²) < 4.78 is 0. The van der Waals surface area contributed by atoms with Gasteiger partial charge in [0.2, 0.25) is 0 Å². The molecule has 0 aliphatic carbocycles. The number of rotatable bonds is 3. The summed E-state index contributed by atoms with van der Waals surface area (Å²) in [6.07, 6.45) is 1.02. The summed E-state index contributed by atoms with van der Waals surface area (Å²) in [7, 11) is 1.80. The van der Waals surface area contributed by atoms with E-state index in [2.05, 4.69) is 5.32 Å². The van der Waals surface area contributed by atoms with Crippen molar-refractivity contribution in [3.05, 3.63) is 5.32 Å². The third-order valence-electron chi connectivity index (χ3n) is 0.586. The zero-order valence-corrected chi connectivity index (χ0v) is 8.27. The molecule has 0 aliphatic rings. The van der Waals surface area contributed by atoms with Gasteiger partial charge in [0.1, 0.15) is 0 Å². The zero-order valence-electron chi connectivity index (χ0n) is 5.15. The van der Waals surface area contributed by atoms with Gasteiger partial charge >= 0.3 is 51.4 Å². The molecule has 3 heteroatoms. The molecule has 0 aromatic heterocycles. The first-order chi connectivity index (χ1) is 2.91. The van der Waals surface area contributed by atoms with Crippen molar-refractivity contribution in [2.75, 3.05) is 20.1 Å². The molecule has 0 bridgehead atoms. The van der Waals surface area contributed by atoms with Crippen LogP contribution in [0.15, 0.2) is 0 Å². The summed E-state index contributed by atoms with van der Waals surface area (Å²) in [5.41, 5.74) is 5.15. The molecule has 0 saturated carbocycles. The van der Waals surface area contributed by atoms with Gasteiger partial charge in [0.15, 0.2) is 0 Å². The molecule has 0 atom stereocenters. The van der Waals surface area contributed by atoms with Crippen molar-refractivity contribution in [1.82, 2.24) is 0 Å². The Morgan fingerprint density at radius 3 is 2.29 bits per heavy atom. The molecule has 0 amide bonds. The molecule has 2 N–H and O–H groups in total. The van der Waals surface area contributed by atoms with Crippen LogP contribution in [0.1, 0.15) is 6.42 Å². The van der Waals surface area contributed by atoms with Gasteiger partial charge in [0.05, 0.1) is 0 Å². The van der Waals surface area contributed by atoms with Gasteiger partial charge in [0.25, 0.3) is 0 Å².